The molecule has 0 bridgehead atoms. The van der Waals surface area contributed by atoms with Crippen LogP contribution in [0.1, 0.15) is 19.2 Å². The minimum absolute atomic E-state index is 0.0153. The van der Waals surface area contributed by atoms with Crippen LogP contribution < -0.4 is 5.32 Å². The molecule has 1 fully saturated rings. The van der Waals surface area contributed by atoms with E-state index in [4.69, 9.17) is 9.72 Å². The third kappa shape index (κ3) is 6.18. The third-order valence-corrected chi connectivity index (χ3v) is 8.05. The third-order valence-electron chi connectivity index (χ3n) is 6.35. The molecule has 3 aromatic heterocycles. The van der Waals surface area contributed by atoms with Crippen LogP contribution in [0.2, 0.25) is 25.7 Å². The van der Waals surface area contributed by atoms with Gasteiger partial charge in [-0.3, -0.25) is 0 Å². The van der Waals surface area contributed by atoms with E-state index in [9.17, 15) is 9.90 Å². The van der Waals surface area contributed by atoms with Gasteiger partial charge >= 0.3 is 6.09 Å². The summed E-state index contributed by atoms with van der Waals surface area (Å²) in [5, 5.41) is 14.2. The standard InChI is InChI=1S/C25H36N6O3Si/c1-17-12-19(15-31(14-17)25(32)33)29-23-20-7-9-30(16-34-10-11-35(3,4)5)24(20)27-13-21(23)22-6-8-26-18(2)28-22/h6-9,13,17,19H,10-12,14-16H2,1-5H3,(H,27,29)(H,32,33)/t17-,19+/m0/s1. The van der Waals surface area contributed by atoms with E-state index in [2.05, 4.69) is 41.8 Å². The summed E-state index contributed by atoms with van der Waals surface area (Å²) in [5.74, 6) is 0.953. The number of aromatic nitrogens is 4. The van der Waals surface area contributed by atoms with Crippen molar-refractivity contribution in [3.05, 3.63) is 36.5 Å². The molecule has 4 rings (SSSR count). The Hall–Kier alpha value is -2.98. The highest BCUT2D eigenvalue weighted by atomic mass is 28.3. The Morgan fingerprint density at radius 1 is 1.26 bits per heavy atom. The fraction of sp³-hybridized carbons (Fsp3) is 0.520. The zero-order valence-electron chi connectivity index (χ0n) is 21.3. The van der Waals surface area contributed by atoms with Gasteiger partial charge in [0.15, 0.2) is 0 Å². The molecule has 0 radical (unpaired) electrons. The monoisotopic (exact) mass is 496 g/mol. The molecule has 0 aromatic carbocycles. The molecule has 4 heterocycles. The highest BCUT2D eigenvalue weighted by Gasteiger charge is 2.29. The molecular weight excluding hydrogens is 460 g/mol. The normalized spacial score (nSPS) is 18.7. The van der Waals surface area contributed by atoms with Crippen molar-refractivity contribution < 1.29 is 14.6 Å². The molecule has 2 N–H and O–H groups in total. The summed E-state index contributed by atoms with van der Waals surface area (Å²) < 4.78 is 8.00. The topological polar surface area (TPSA) is 105 Å². The molecule has 188 valence electrons. The van der Waals surface area contributed by atoms with Crippen LogP contribution in [0.3, 0.4) is 0 Å². The molecule has 0 aliphatic carbocycles. The number of piperidine rings is 1. The first-order valence-corrected chi connectivity index (χ1v) is 15.9. The van der Waals surface area contributed by atoms with Crippen LogP contribution in [0.4, 0.5) is 10.5 Å². The van der Waals surface area contributed by atoms with Gasteiger partial charge in [-0.05, 0) is 37.4 Å². The zero-order valence-corrected chi connectivity index (χ0v) is 22.3. The summed E-state index contributed by atoms with van der Waals surface area (Å²) in [5.41, 5.74) is 3.40. The summed E-state index contributed by atoms with van der Waals surface area (Å²) in [4.78, 5) is 26.8. The molecule has 1 amide bonds. The van der Waals surface area contributed by atoms with Crippen LogP contribution in [-0.2, 0) is 11.5 Å². The molecule has 10 heteroatoms. The molecule has 3 aromatic rings. The first kappa shape index (κ1) is 25.1. The first-order chi connectivity index (χ1) is 16.6. The average molecular weight is 497 g/mol. The Bertz CT molecular complexity index is 1190. The molecule has 9 nitrogen and oxygen atoms in total. The lowest BCUT2D eigenvalue weighted by molar-refractivity contribution is 0.0899. The van der Waals surface area contributed by atoms with Gasteiger partial charge in [0.25, 0.3) is 0 Å². The summed E-state index contributed by atoms with van der Waals surface area (Å²) in [6.45, 7) is 13.2. The number of carbonyl (C=O) groups is 1. The van der Waals surface area contributed by atoms with Crippen molar-refractivity contribution in [3.8, 4) is 11.3 Å². The number of hydrogen-bond acceptors (Lipinski definition) is 6. The second-order valence-corrected chi connectivity index (χ2v) is 16.4. The number of nitrogens with zero attached hydrogens (tertiary/aromatic N) is 5. The van der Waals surface area contributed by atoms with E-state index in [-0.39, 0.29) is 12.0 Å². The number of rotatable bonds is 8. The van der Waals surface area contributed by atoms with Crippen LogP contribution in [-0.4, -0.2) is 69.4 Å². The van der Waals surface area contributed by atoms with Crippen molar-refractivity contribution in [2.24, 2.45) is 5.92 Å². The Balaban J connectivity index is 1.67. The second kappa shape index (κ2) is 10.3. The summed E-state index contributed by atoms with van der Waals surface area (Å²) in [6, 6.07) is 5.03. The molecule has 1 aliphatic rings. The molecule has 1 aliphatic heterocycles. The maximum absolute atomic E-state index is 11.7. The highest BCUT2D eigenvalue weighted by Crippen LogP contribution is 2.35. The van der Waals surface area contributed by atoms with Gasteiger partial charge in [0.1, 0.15) is 18.2 Å². The van der Waals surface area contributed by atoms with Gasteiger partial charge in [-0.25, -0.2) is 19.7 Å². The van der Waals surface area contributed by atoms with Gasteiger partial charge in [0.05, 0.1) is 11.4 Å². The number of hydrogen-bond donors (Lipinski definition) is 2. The van der Waals surface area contributed by atoms with Gasteiger partial charge in [-0.15, -0.1) is 0 Å². The molecule has 1 saturated heterocycles. The minimum atomic E-state index is -1.15. The van der Waals surface area contributed by atoms with Gasteiger partial charge in [0.2, 0.25) is 0 Å². The van der Waals surface area contributed by atoms with Gasteiger partial charge in [0, 0.05) is 63.4 Å². The zero-order chi connectivity index (χ0) is 25.2. The predicted molar refractivity (Wildman–Crippen MR) is 140 cm³/mol. The number of pyridine rings is 1. The number of likely N-dealkylation sites (tertiary alicyclic amines) is 1. The second-order valence-electron chi connectivity index (χ2n) is 10.8. The number of nitrogens with one attached hydrogen (secondary N) is 1. The van der Waals surface area contributed by atoms with E-state index >= 15 is 0 Å². The fourth-order valence-corrected chi connectivity index (χ4v) is 5.31. The number of carboxylic acid groups (broad SMARTS) is 1. The largest absolute Gasteiger partial charge is 0.465 e. The number of anilines is 1. The molecule has 0 unspecified atom stereocenters. The fourth-order valence-electron chi connectivity index (χ4n) is 4.56. The van der Waals surface area contributed by atoms with Gasteiger partial charge < -0.3 is 24.6 Å². The van der Waals surface area contributed by atoms with E-state index in [1.165, 1.54) is 4.90 Å². The number of ether oxygens (including phenoxy) is 1. The number of fused-ring (bicyclic) bond motifs is 1. The van der Waals surface area contributed by atoms with Gasteiger partial charge in [-0.2, -0.15) is 0 Å². The van der Waals surface area contributed by atoms with Crippen molar-refractivity contribution in [1.82, 2.24) is 24.4 Å². The lowest BCUT2D eigenvalue weighted by Gasteiger charge is -2.36. The Labute approximate surface area is 207 Å². The molecular formula is C25H36N6O3Si. The van der Waals surface area contributed by atoms with E-state index in [1.54, 1.807) is 6.20 Å². The van der Waals surface area contributed by atoms with E-state index in [1.807, 2.05) is 36.0 Å². The van der Waals surface area contributed by atoms with Crippen LogP contribution in [0.15, 0.2) is 30.7 Å². The highest BCUT2D eigenvalue weighted by molar-refractivity contribution is 6.76. The van der Waals surface area contributed by atoms with Crippen molar-refractivity contribution in [2.45, 2.75) is 58.7 Å². The van der Waals surface area contributed by atoms with Crippen LogP contribution >= 0.6 is 0 Å². The van der Waals surface area contributed by atoms with Crippen LogP contribution in [0.25, 0.3) is 22.3 Å². The summed E-state index contributed by atoms with van der Waals surface area (Å²) in [7, 11) is -1.15. The van der Waals surface area contributed by atoms with E-state index < -0.39 is 14.2 Å². The molecule has 0 saturated carbocycles. The number of amides is 1. The molecule has 2 atom stereocenters. The van der Waals surface area contributed by atoms with Crippen LogP contribution in [0.5, 0.6) is 0 Å². The van der Waals surface area contributed by atoms with Crippen molar-refractivity contribution in [1.29, 1.82) is 0 Å². The van der Waals surface area contributed by atoms with Crippen LogP contribution in [0, 0.1) is 12.8 Å². The lowest BCUT2D eigenvalue weighted by atomic mass is 9.95. The van der Waals surface area contributed by atoms with E-state index in [0.717, 1.165) is 47.0 Å². The molecule has 35 heavy (non-hydrogen) atoms. The van der Waals surface area contributed by atoms with Gasteiger partial charge in [-0.1, -0.05) is 26.6 Å². The summed E-state index contributed by atoms with van der Waals surface area (Å²) >= 11 is 0. The van der Waals surface area contributed by atoms with E-state index in [0.29, 0.717) is 25.6 Å². The van der Waals surface area contributed by atoms with Crippen molar-refractivity contribution in [3.63, 3.8) is 0 Å². The van der Waals surface area contributed by atoms with Crippen molar-refractivity contribution in [2.75, 3.05) is 25.0 Å². The average Bonchev–Trinajstić information content (AvgIpc) is 3.19. The predicted octanol–water partition coefficient (Wildman–Crippen LogP) is 4.91. The first-order valence-electron chi connectivity index (χ1n) is 12.2. The Kier molecular flexibility index (Phi) is 7.41. The lowest BCUT2D eigenvalue weighted by Crippen LogP contribution is -2.47. The maximum Gasteiger partial charge on any atom is 0.407 e. The SMILES string of the molecule is Cc1nccc(-c2cnc3c(ccn3COCC[Si](C)(C)C)c2N[C@@H]2C[C@H](C)CN(C(=O)O)C2)n1. The Morgan fingerprint density at radius 2 is 2.06 bits per heavy atom. The maximum atomic E-state index is 11.7. The Morgan fingerprint density at radius 3 is 2.77 bits per heavy atom. The smallest absolute Gasteiger partial charge is 0.407 e. The quantitative estimate of drug-likeness (QED) is 0.337. The summed E-state index contributed by atoms with van der Waals surface area (Å²) in [6.07, 6.45) is 5.59. The van der Waals surface area contributed by atoms with Crippen molar-refractivity contribution >= 4 is 30.9 Å². The number of aryl methyl sites for hydroxylation is 1. The molecule has 0 spiro atoms. The minimum Gasteiger partial charge on any atom is -0.465 e.